The number of hydrogen-bond donors (Lipinski definition) is 1. The lowest BCUT2D eigenvalue weighted by atomic mass is 9.82. The zero-order chi connectivity index (χ0) is 14.6. The molecule has 0 amide bonds. The molecule has 2 atom stereocenters. The van der Waals surface area contributed by atoms with Crippen molar-refractivity contribution < 1.29 is 0 Å². The van der Waals surface area contributed by atoms with Crippen LogP contribution in [0.25, 0.3) is 0 Å². The van der Waals surface area contributed by atoms with Crippen molar-refractivity contribution in [2.24, 2.45) is 5.92 Å². The van der Waals surface area contributed by atoms with E-state index in [-0.39, 0.29) is 17.4 Å². The molecule has 0 heterocycles. The summed E-state index contributed by atoms with van der Waals surface area (Å²) in [6.07, 6.45) is 0.862. The summed E-state index contributed by atoms with van der Waals surface area (Å²) in [4.78, 5) is 0. The third-order valence-corrected chi connectivity index (χ3v) is 3.80. The van der Waals surface area contributed by atoms with E-state index in [0.29, 0.717) is 0 Å². The summed E-state index contributed by atoms with van der Waals surface area (Å²) in [6, 6.07) is 9.16. The molecule has 0 aliphatic rings. The SMILES string of the molecule is CCC(C#N)C(NC)c1cc(C(C)(C)C)ccc1C. The van der Waals surface area contributed by atoms with Crippen LogP contribution in [0.1, 0.15) is 56.8 Å². The van der Waals surface area contributed by atoms with Crippen molar-refractivity contribution in [3.05, 3.63) is 34.9 Å². The Balaban J connectivity index is 3.28. The lowest BCUT2D eigenvalue weighted by Crippen LogP contribution is -2.25. The number of nitrogens with zero attached hydrogens (tertiary/aromatic N) is 1. The van der Waals surface area contributed by atoms with E-state index in [2.05, 4.69) is 64.2 Å². The Hall–Kier alpha value is -1.33. The molecule has 2 nitrogen and oxygen atoms in total. The first-order valence-corrected chi connectivity index (χ1v) is 7.03. The van der Waals surface area contributed by atoms with Gasteiger partial charge in [-0.3, -0.25) is 0 Å². The topological polar surface area (TPSA) is 35.8 Å². The number of hydrogen-bond acceptors (Lipinski definition) is 2. The summed E-state index contributed by atoms with van der Waals surface area (Å²) in [5, 5.41) is 12.6. The van der Waals surface area contributed by atoms with Crippen molar-refractivity contribution >= 4 is 0 Å². The van der Waals surface area contributed by atoms with Crippen molar-refractivity contribution in [1.82, 2.24) is 5.32 Å². The van der Waals surface area contributed by atoms with Gasteiger partial charge in [0.2, 0.25) is 0 Å². The number of benzene rings is 1. The van der Waals surface area contributed by atoms with Crippen LogP contribution in [0.4, 0.5) is 0 Å². The Morgan fingerprint density at radius 1 is 1.32 bits per heavy atom. The Labute approximate surface area is 117 Å². The van der Waals surface area contributed by atoms with E-state index in [1.807, 2.05) is 7.05 Å². The molecule has 0 spiro atoms. The normalized spacial score (nSPS) is 14.8. The van der Waals surface area contributed by atoms with E-state index >= 15 is 0 Å². The molecule has 1 N–H and O–H groups in total. The van der Waals surface area contributed by atoms with Gasteiger partial charge in [-0.25, -0.2) is 0 Å². The van der Waals surface area contributed by atoms with Gasteiger partial charge in [-0.1, -0.05) is 45.9 Å². The van der Waals surface area contributed by atoms with Gasteiger partial charge >= 0.3 is 0 Å². The maximum Gasteiger partial charge on any atom is 0.0675 e. The van der Waals surface area contributed by atoms with Crippen molar-refractivity contribution in [3.8, 4) is 6.07 Å². The van der Waals surface area contributed by atoms with Gasteiger partial charge in [-0.2, -0.15) is 5.26 Å². The minimum atomic E-state index is 0.0129. The lowest BCUT2D eigenvalue weighted by Gasteiger charge is -2.26. The smallest absolute Gasteiger partial charge is 0.0675 e. The predicted octanol–water partition coefficient (Wildman–Crippen LogP) is 4.10. The second kappa shape index (κ2) is 6.21. The molecule has 104 valence electrons. The number of aryl methyl sites for hydroxylation is 1. The third kappa shape index (κ3) is 3.58. The Bertz CT molecular complexity index is 463. The molecular weight excluding hydrogens is 232 g/mol. The number of nitriles is 1. The average Bonchev–Trinajstić information content (AvgIpc) is 2.35. The van der Waals surface area contributed by atoms with E-state index in [1.54, 1.807) is 0 Å². The van der Waals surface area contributed by atoms with Gasteiger partial charge in [0.05, 0.1) is 12.0 Å². The summed E-state index contributed by atoms with van der Waals surface area (Å²) in [7, 11) is 1.94. The van der Waals surface area contributed by atoms with Gasteiger partial charge in [0.25, 0.3) is 0 Å². The molecule has 1 rings (SSSR count). The highest BCUT2D eigenvalue weighted by Crippen LogP contribution is 2.31. The first-order valence-electron chi connectivity index (χ1n) is 7.03. The van der Waals surface area contributed by atoms with Crippen molar-refractivity contribution in [3.63, 3.8) is 0 Å². The molecule has 2 unspecified atom stereocenters. The Kier molecular flexibility index (Phi) is 5.14. The van der Waals surface area contributed by atoms with Crippen molar-refractivity contribution in [2.45, 2.75) is 52.5 Å². The van der Waals surface area contributed by atoms with Crippen LogP contribution in [0.15, 0.2) is 18.2 Å². The van der Waals surface area contributed by atoms with Crippen molar-refractivity contribution in [1.29, 1.82) is 5.26 Å². The van der Waals surface area contributed by atoms with Gasteiger partial charge in [0, 0.05) is 6.04 Å². The van der Waals surface area contributed by atoms with Crippen LogP contribution in [-0.2, 0) is 5.41 Å². The molecule has 0 radical (unpaired) electrons. The molecule has 2 heteroatoms. The maximum atomic E-state index is 9.32. The fourth-order valence-electron chi connectivity index (χ4n) is 2.42. The Morgan fingerprint density at radius 3 is 2.37 bits per heavy atom. The standard InChI is InChI=1S/C17H26N2/c1-7-13(11-18)16(19-6)15-10-14(17(3,4)5)9-8-12(15)2/h8-10,13,16,19H,7H2,1-6H3. The monoisotopic (exact) mass is 258 g/mol. The highest BCUT2D eigenvalue weighted by Gasteiger charge is 2.23. The quantitative estimate of drug-likeness (QED) is 0.882. The Morgan fingerprint density at radius 2 is 1.95 bits per heavy atom. The fraction of sp³-hybridized carbons (Fsp3) is 0.588. The first kappa shape index (κ1) is 15.7. The molecule has 0 fully saturated rings. The zero-order valence-corrected chi connectivity index (χ0v) is 13.0. The molecule has 0 aromatic heterocycles. The summed E-state index contributed by atoms with van der Waals surface area (Å²) in [5.41, 5.74) is 3.96. The average molecular weight is 258 g/mol. The van der Waals surface area contributed by atoms with Crippen LogP contribution < -0.4 is 5.32 Å². The van der Waals surface area contributed by atoms with Crippen LogP contribution in [-0.4, -0.2) is 7.05 Å². The second-order valence-electron chi connectivity index (χ2n) is 6.23. The number of nitrogens with one attached hydrogen (secondary N) is 1. The molecule has 0 aliphatic heterocycles. The maximum absolute atomic E-state index is 9.32. The van der Waals surface area contributed by atoms with E-state index in [1.165, 1.54) is 16.7 Å². The van der Waals surface area contributed by atoms with Crippen LogP contribution in [0.3, 0.4) is 0 Å². The highest BCUT2D eigenvalue weighted by atomic mass is 14.9. The fourth-order valence-corrected chi connectivity index (χ4v) is 2.42. The second-order valence-corrected chi connectivity index (χ2v) is 6.23. The number of rotatable bonds is 4. The summed E-state index contributed by atoms with van der Waals surface area (Å²) < 4.78 is 0. The zero-order valence-electron chi connectivity index (χ0n) is 13.0. The van der Waals surface area contributed by atoms with E-state index in [4.69, 9.17) is 0 Å². The van der Waals surface area contributed by atoms with Crippen LogP contribution >= 0.6 is 0 Å². The van der Waals surface area contributed by atoms with Gasteiger partial charge in [-0.05, 0) is 42.5 Å². The molecule has 0 saturated carbocycles. The largest absolute Gasteiger partial charge is 0.312 e. The lowest BCUT2D eigenvalue weighted by molar-refractivity contribution is 0.446. The van der Waals surface area contributed by atoms with Gasteiger partial charge in [-0.15, -0.1) is 0 Å². The first-order chi connectivity index (χ1) is 8.85. The van der Waals surface area contributed by atoms with Crippen LogP contribution in [0.2, 0.25) is 0 Å². The minimum Gasteiger partial charge on any atom is -0.312 e. The molecule has 0 aliphatic carbocycles. The highest BCUT2D eigenvalue weighted by molar-refractivity contribution is 5.37. The molecule has 19 heavy (non-hydrogen) atoms. The minimum absolute atomic E-state index is 0.0129. The third-order valence-electron chi connectivity index (χ3n) is 3.80. The predicted molar refractivity (Wildman–Crippen MR) is 81.1 cm³/mol. The molecular formula is C17H26N2. The molecule has 0 saturated heterocycles. The molecule has 1 aromatic carbocycles. The molecule has 1 aromatic rings. The summed E-state index contributed by atoms with van der Waals surface area (Å²) >= 11 is 0. The van der Waals surface area contributed by atoms with Gasteiger partial charge < -0.3 is 5.32 Å². The van der Waals surface area contributed by atoms with Crippen LogP contribution in [0, 0.1) is 24.2 Å². The summed E-state index contributed by atoms with van der Waals surface area (Å²) in [6.45, 7) is 10.9. The van der Waals surface area contributed by atoms with Gasteiger partial charge in [0.1, 0.15) is 0 Å². The van der Waals surface area contributed by atoms with E-state index < -0.39 is 0 Å². The van der Waals surface area contributed by atoms with E-state index in [0.717, 1.165) is 6.42 Å². The van der Waals surface area contributed by atoms with Crippen molar-refractivity contribution in [2.75, 3.05) is 7.05 Å². The van der Waals surface area contributed by atoms with Crippen LogP contribution in [0.5, 0.6) is 0 Å². The van der Waals surface area contributed by atoms with E-state index in [9.17, 15) is 5.26 Å². The van der Waals surface area contributed by atoms with Gasteiger partial charge in [0.15, 0.2) is 0 Å². The molecule has 0 bridgehead atoms. The summed E-state index contributed by atoms with van der Waals surface area (Å²) in [5.74, 6) is 0.0129.